The first kappa shape index (κ1) is 15.9. The summed E-state index contributed by atoms with van der Waals surface area (Å²) >= 11 is 0. The molecule has 6 nitrogen and oxygen atoms in total. The summed E-state index contributed by atoms with van der Waals surface area (Å²) in [5.74, 6) is -1.27. The fraction of sp³-hybridized carbons (Fsp3) is 0.500. The van der Waals surface area contributed by atoms with Crippen LogP contribution >= 0.6 is 0 Å². The Labute approximate surface area is 116 Å². The molecule has 0 spiro atoms. The van der Waals surface area contributed by atoms with Crippen LogP contribution in [0.1, 0.15) is 32.1 Å². The van der Waals surface area contributed by atoms with Gasteiger partial charge in [0.2, 0.25) is 0 Å². The van der Waals surface area contributed by atoms with Gasteiger partial charge < -0.3 is 4.74 Å². The SMILES string of the molecule is COC(=O)CCC1C(=O)C=CC1=O.O=C1CCC(=O)C1. The van der Waals surface area contributed by atoms with Crippen LogP contribution in [0, 0.1) is 5.92 Å². The van der Waals surface area contributed by atoms with Crippen LogP contribution in [0.15, 0.2) is 12.2 Å². The first-order valence-electron chi connectivity index (χ1n) is 6.30. The van der Waals surface area contributed by atoms with Gasteiger partial charge in [-0.05, 0) is 18.6 Å². The molecule has 1 fully saturated rings. The Morgan fingerprint density at radius 2 is 1.60 bits per heavy atom. The summed E-state index contributed by atoms with van der Waals surface area (Å²) in [5.41, 5.74) is 0. The second-order valence-corrected chi connectivity index (χ2v) is 4.56. The summed E-state index contributed by atoms with van der Waals surface area (Å²) in [5, 5.41) is 0. The second-order valence-electron chi connectivity index (χ2n) is 4.56. The summed E-state index contributed by atoms with van der Waals surface area (Å²) in [6.07, 6.45) is 4.03. The monoisotopic (exact) mass is 280 g/mol. The third-order valence-corrected chi connectivity index (χ3v) is 3.04. The smallest absolute Gasteiger partial charge is 0.305 e. The van der Waals surface area contributed by atoms with E-state index in [1.807, 2.05) is 0 Å². The van der Waals surface area contributed by atoms with Gasteiger partial charge in [-0.15, -0.1) is 0 Å². The van der Waals surface area contributed by atoms with Gasteiger partial charge in [0.25, 0.3) is 0 Å². The van der Waals surface area contributed by atoms with Crippen LogP contribution in [-0.4, -0.2) is 36.2 Å². The molecular formula is C14H16O6. The standard InChI is InChI=1S/C9H10O4.C5H6O2/c1-13-9(12)5-2-6-7(10)3-4-8(6)11;6-4-1-2-5(7)3-4/h3-4,6H,2,5H2,1H3;1-3H2. The van der Waals surface area contributed by atoms with Gasteiger partial charge in [-0.2, -0.15) is 0 Å². The highest BCUT2D eigenvalue weighted by atomic mass is 16.5. The van der Waals surface area contributed by atoms with Gasteiger partial charge >= 0.3 is 5.97 Å². The number of hydrogen-bond acceptors (Lipinski definition) is 6. The topological polar surface area (TPSA) is 94.6 Å². The van der Waals surface area contributed by atoms with Crippen LogP contribution < -0.4 is 0 Å². The number of carbonyl (C=O) groups is 5. The van der Waals surface area contributed by atoms with Crippen LogP contribution in [0.2, 0.25) is 0 Å². The van der Waals surface area contributed by atoms with E-state index in [4.69, 9.17) is 0 Å². The minimum atomic E-state index is -0.654. The minimum Gasteiger partial charge on any atom is -0.469 e. The van der Waals surface area contributed by atoms with E-state index in [-0.39, 0.29) is 42.4 Å². The van der Waals surface area contributed by atoms with Crippen molar-refractivity contribution in [1.82, 2.24) is 0 Å². The Balaban J connectivity index is 0.000000240. The van der Waals surface area contributed by atoms with Crippen LogP contribution in [0.5, 0.6) is 0 Å². The van der Waals surface area contributed by atoms with Gasteiger partial charge in [0.1, 0.15) is 11.6 Å². The summed E-state index contributed by atoms with van der Waals surface area (Å²) in [7, 11) is 1.28. The van der Waals surface area contributed by atoms with Gasteiger partial charge in [0.15, 0.2) is 11.6 Å². The third-order valence-electron chi connectivity index (χ3n) is 3.04. The number of hydrogen-bond donors (Lipinski definition) is 0. The molecule has 1 saturated carbocycles. The fourth-order valence-electron chi connectivity index (χ4n) is 1.86. The molecule has 0 saturated heterocycles. The molecule has 0 heterocycles. The van der Waals surface area contributed by atoms with Crippen LogP contribution in [0.4, 0.5) is 0 Å². The average Bonchev–Trinajstić information content (AvgIpc) is 2.94. The summed E-state index contributed by atoms with van der Waals surface area (Å²) in [6, 6.07) is 0. The lowest BCUT2D eigenvalue weighted by atomic mass is 9.99. The van der Waals surface area contributed by atoms with Crippen molar-refractivity contribution >= 4 is 29.1 Å². The van der Waals surface area contributed by atoms with E-state index in [0.29, 0.717) is 12.8 Å². The zero-order valence-corrected chi connectivity index (χ0v) is 11.2. The number of methoxy groups -OCH3 is 1. The highest BCUT2D eigenvalue weighted by Gasteiger charge is 2.28. The quantitative estimate of drug-likeness (QED) is 0.554. The maximum absolute atomic E-state index is 11.0. The van der Waals surface area contributed by atoms with Crippen molar-refractivity contribution in [1.29, 1.82) is 0 Å². The first-order valence-corrected chi connectivity index (χ1v) is 6.30. The molecule has 0 unspecified atom stereocenters. The Bertz CT molecular complexity index is 442. The van der Waals surface area contributed by atoms with Gasteiger partial charge in [0.05, 0.1) is 19.4 Å². The van der Waals surface area contributed by atoms with E-state index in [2.05, 4.69) is 4.74 Å². The van der Waals surface area contributed by atoms with Crippen molar-refractivity contribution in [2.75, 3.05) is 7.11 Å². The Morgan fingerprint density at radius 1 is 1.10 bits per heavy atom. The number of ether oxygens (including phenoxy) is 1. The lowest BCUT2D eigenvalue weighted by Gasteiger charge is -2.04. The van der Waals surface area contributed by atoms with E-state index in [9.17, 15) is 24.0 Å². The Kier molecular flexibility index (Phi) is 5.96. The van der Waals surface area contributed by atoms with Crippen molar-refractivity contribution in [2.24, 2.45) is 5.92 Å². The van der Waals surface area contributed by atoms with E-state index >= 15 is 0 Å². The average molecular weight is 280 g/mol. The van der Waals surface area contributed by atoms with Crippen molar-refractivity contribution in [3.05, 3.63) is 12.2 Å². The van der Waals surface area contributed by atoms with E-state index < -0.39 is 11.9 Å². The highest BCUT2D eigenvalue weighted by molar-refractivity contribution is 6.18. The predicted octanol–water partition coefficient (Wildman–Crippen LogP) is 0.572. The highest BCUT2D eigenvalue weighted by Crippen LogP contribution is 2.16. The zero-order chi connectivity index (χ0) is 15.1. The fourth-order valence-corrected chi connectivity index (χ4v) is 1.86. The minimum absolute atomic E-state index is 0.102. The van der Waals surface area contributed by atoms with Crippen LogP contribution in [0.25, 0.3) is 0 Å². The molecule has 2 aliphatic carbocycles. The molecule has 0 radical (unpaired) electrons. The van der Waals surface area contributed by atoms with Gasteiger partial charge in [-0.25, -0.2) is 0 Å². The van der Waals surface area contributed by atoms with Gasteiger partial charge in [-0.1, -0.05) is 0 Å². The molecule has 0 bridgehead atoms. The zero-order valence-electron chi connectivity index (χ0n) is 11.2. The Hall–Kier alpha value is -2.11. The predicted molar refractivity (Wildman–Crippen MR) is 67.8 cm³/mol. The lowest BCUT2D eigenvalue weighted by molar-refractivity contribution is -0.141. The molecule has 2 rings (SSSR count). The number of Topliss-reactive ketones (excluding diaryl/α,β-unsaturated/α-hetero) is 2. The molecule has 2 aliphatic rings. The number of carbonyl (C=O) groups excluding carboxylic acids is 5. The van der Waals surface area contributed by atoms with Crippen LogP contribution in [0.3, 0.4) is 0 Å². The Morgan fingerprint density at radius 3 is 1.95 bits per heavy atom. The van der Waals surface area contributed by atoms with Crippen LogP contribution in [-0.2, 0) is 28.7 Å². The summed E-state index contributed by atoms with van der Waals surface area (Å²) in [6.45, 7) is 0. The molecule has 0 atom stereocenters. The van der Waals surface area contributed by atoms with Gasteiger partial charge in [0, 0.05) is 19.3 Å². The third kappa shape index (κ3) is 4.87. The van der Waals surface area contributed by atoms with Crippen molar-refractivity contribution in [3.63, 3.8) is 0 Å². The molecule has 0 aliphatic heterocycles. The summed E-state index contributed by atoms with van der Waals surface area (Å²) < 4.78 is 4.40. The molecule has 20 heavy (non-hydrogen) atoms. The van der Waals surface area contributed by atoms with Crippen molar-refractivity contribution in [3.8, 4) is 0 Å². The van der Waals surface area contributed by atoms with E-state index in [1.165, 1.54) is 19.3 Å². The first-order chi connectivity index (χ1) is 9.43. The van der Waals surface area contributed by atoms with E-state index in [0.717, 1.165) is 0 Å². The number of ketones is 4. The molecule has 0 N–H and O–H groups in total. The lowest BCUT2D eigenvalue weighted by Crippen LogP contribution is -2.17. The normalized spacial score (nSPS) is 18.2. The molecular weight excluding hydrogens is 264 g/mol. The molecule has 108 valence electrons. The maximum Gasteiger partial charge on any atom is 0.305 e. The molecule has 6 heteroatoms. The molecule has 0 aromatic carbocycles. The molecule has 0 aromatic heterocycles. The molecule has 0 aromatic rings. The number of esters is 1. The summed E-state index contributed by atoms with van der Waals surface area (Å²) in [4.78, 5) is 53.2. The second kappa shape index (κ2) is 7.47. The largest absolute Gasteiger partial charge is 0.469 e. The number of rotatable bonds is 3. The van der Waals surface area contributed by atoms with Crippen molar-refractivity contribution in [2.45, 2.75) is 32.1 Å². The van der Waals surface area contributed by atoms with Crippen molar-refractivity contribution < 1.29 is 28.7 Å². The van der Waals surface area contributed by atoms with E-state index in [1.54, 1.807) is 0 Å². The maximum atomic E-state index is 11.0. The molecule has 0 amide bonds. The number of allylic oxidation sites excluding steroid dienone is 2. The van der Waals surface area contributed by atoms with Gasteiger partial charge in [-0.3, -0.25) is 24.0 Å².